The molecule has 0 aliphatic carbocycles. The summed E-state index contributed by atoms with van der Waals surface area (Å²) in [6.07, 6.45) is 3.21. The lowest BCUT2D eigenvalue weighted by molar-refractivity contribution is 0.552. The van der Waals surface area contributed by atoms with Crippen LogP contribution in [0.1, 0.15) is 11.1 Å². The average molecular weight is 374 g/mol. The summed E-state index contributed by atoms with van der Waals surface area (Å²) >= 11 is 3.32. The predicted octanol–water partition coefficient (Wildman–Crippen LogP) is 0.786. The number of aromatic nitrogens is 3. The van der Waals surface area contributed by atoms with E-state index in [1.807, 2.05) is 13.0 Å². The molecular formula is C12H16BrN5O2S. The summed E-state index contributed by atoms with van der Waals surface area (Å²) in [5.41, 5.74) is 7.20. The van der Waals surface area contributed by atoms with Crippen LogP contribution in [0.5, 0.6) is 0 Å². The van der Waals surface area contributed by atoms with Gasteiger partial charge in [0.25, 0.3) is 0 Å². The minimum atomic E-state index is -3.61. The van der Waals surface area contributed by atoms with Gasteiger partial charge in [-0.05, 0) is 40.0 Å². The molecule has 21 heavy (non-hydrogen) atoms. The smallest absolute Gasteiger partial charge is 0.241 e. The number of hydrogen-bond acceptors (Lipinski definition) is 5. The quantitative estimate of drug-likeness (QED) is 0.778. The highest BCUT2D eigenvalue weighted by atomic mass is 79.9. The fraction of sp³-hybridized carbons (Fsp3) is 0.333. The Bertz CT molecular complexity index is 715. The summed E-state index contributed by atoms with van der Waals surface area (Å²) in [4.78, 5) is 0.196. The number of halogens is 1. The van der Waals surface area contributed by atoms with Gasteiger partial charge in [-0.1, -0.05) is 11.3 Å². The van der Waals surface area contributed by atoms with Crippen molar-refractivity contribution in [3.05, 3.63) is 40.1 Å². The Labute approximate surface area is 131 Å². The van der Waals surface area contributed by atoms with Gasteiger partial charge < -0.3 is 5.73 Å². The number of nitrogens with two attached hydrogens (primary N) is 1. The third kappa shape index (κ3) is 3.88. The van der Waals surface area contributed by atoms with E-state index in [-0.39, 0.29) is 18.0 Å². The zero-order valence-electron chi connectivity index (χ0n) is 11.5. The number of rotatable bonds is 6. The lowest BCUT2D eigenvalue weighted by atomic mass is 10.1. The van der Waals surface area contributed by atoms with Crippen molar-refractivity contribution < 1.29 is 8.42 Å². The Morgan fingerprint density at radius 3 is 2.81 bits per heavy atom. The summed E-state index contributed by atoms with van der Waals surface area (Å²) in [6.45, 7) is 2.75. The molecule has 0 saturated carbocycles. The molecule has 9 heteroatoms. The normalized spacial score (nSPS) is 11.8. The lowest BCUT2D eigenvalue weighted by Crippen LogP contribution is -2.28. The van der Waals surface area contributed by atoms with Crippen LogP contribution in [0.2, 0.25) is 0 Å². The first kappa shape index (κ1) is 16.1. The maximum Gasteiger partial charge on any atom is 0.241 e. The first-order chi connectivity index (χ1) is 9.94. The van der Waals surface area contributed by atoms with Crippen molar-refractivity contribution in [1.82, 2.24) is 19.7 Å². The summed E-state index contributed by atoms with van der Waals surface area (Å²) in [5.74, 6) is 0. The number of nitrogens with zero attached hydrogens (tertiary/aromatic N) is 3. The van der Waals surface area contributed by atoms with Crippen LogP contribution in [0.25, 0.3) is 0 Å². The van der Waals surface area contributed by atoms with Gasteiger partial charge in [0.1, 0.15) is 0 Å². The summed E-state index contributed by atoms with van der Waals surface area (Å²) in [5, 5.41) is 7.43. The molecule has 2 rings (SSSR count). The van der Waals surface area contributed by atoms with Gasteiger partial charge in [0.05, 0.1) is 17.6 Å². The van der Waals surface area contributed by atoms with E-state index in [2.05, 4.69) is 31.0 Å². The van der Waals surface area contributed by atoms with Crippen molar-refractivity contribution in [1.29, 1.82) is 0 Å². The first-order valence-electron chi connectivity index (χ1n) is 6.27. The Hall–Kier alpha value is -1.29. The maximum absolute atomic E-state index is 12.4. The highest BCUT2D eigenvalue weighted by Gasteiger charge is 2.19. The second kappa shape index (κ2) is 6.65. The largest absolute Gasteiger partial charge is 0.326 e. The molecule has 0 fully saturated rings. The minimum absolute atomic E-state index is 0.196. The van der Waals surface area contributed by atoms with Crippen molar-refractivity contribution >= 4 is 26.0 Å². The molecule has 0 radical (unpaired) electrons. The molecule has 1 aromatic carbocycles. The van der Waals surface area contributed by atoms with Crippen molar-refractivity contribution in [2.45, 2.75) is 24.9 Å². The molecule has 1 heterocycles. The summed E-state index contributed by atoms with van der Waals surface area (Å²) < 4.78 is 29.4. The number of hydrogen-bond donors (Lipinski definition) is 2. The van der Waals surface area contributed by atoms with E-state index in [1.165, 1.54) is 0 Å². The van der Waals surface area contributed by atoms with Gasteiger partial charge in [0.2, 0.25) is 10.0 Å². The standard InChI is InChI=1S/C12H16BrN5O2S/c1-9-6-10(8-14)7-11(12(9)13)21(19,20)16-3-5-18-4-2-15-17-18/h2,4,6-7,16H,3,5,8,14H2,1H3. The highest BCUT2D eigenvalue weighted by molar-refractivity contribution is 9.10. The topological polar surface area (TPSA) is 103 Å². The van der Waals surface area contributed by atoms with Crippen LogP contribution in [-0.4, -0.2) is 30.0 Å². The summed E-state index contributed by atoms with van der Waals surface area (Å²) in [6, 6.07) is 3.44. The monoisotopic (exact) mass is 373 g/mol. The second-order valence-electron chi connectivity index (χ2n) is 4.49. The van der Waals surface area contributed by atoms with Crippen molar-refractivity contribution in [3.63, 3.8) is 0 Å². The predicted molar refractivity (Wildman–Crippen MR) is 82.0 cm³/mol. The molecule has 0 aliphatic heterocycles. The van der Waals surface area contributed by atoms with Gasteiger partial charge in [-0.2, -0.15) is 0 Å². The third-order valence-corrected chi connectivity index (χ3v) is 5.71. The van der Waals surface area contributed by atoms with E-state index in [0.29, 0.717) is 11.0 Å². The van der Waals surface area contributed by atoms with Crippen molar-refractivity contribution in [2.24, 2.45) is 5.73 Å². The molecule has 0 bridgehead atoms. The number of nitrogens with one attached hydrogen (secondary N) is 1. The Balaban J connectivity index is 2.17. The van der Waals surface area contributed by atoms with Gasteiger partial charge in [-0.25, -0.2) is 13.1 Å². The SMILES string of the molecule is Cc1cc(CN)cc(S(=O)(=O)NCCn2ccnn2)c1Br. The number of sulfonamides is 1. The van der Waals surface area contributed by atoms with Gasteiger partial charge in [-0.15, -0.1) is 5.10 Å². The van der Waals surface area contributed by atoms with Crippen LogP contribution < -0.4 is 10.5 Å². The van der Waals surface area contributed by atoms with Crippen LogP contribution in [-0.2, 0) is 23.1 Å². The van der Waals surface area contributed by atoms with E-state index in [1.54, 1.807) is 23.1 Å². The van der Waals surface area contributed by atoms with Crippen molar-refractivity contribution in [2.75, 3.05) is 6.54 Å². The Morgan fingerprint density at radius 2 is 2.19 bits per heavy atom. The fourth-order valence-electron chi connectivity index (χ4n) is 1.85. The zero-order valence-corrected chi connectivity index (χ0v) is 13.9. The molecule has 0 aliphatic rings. The minimum Gasteiger partial charge on any atom is -0.326 e. The molecule has 1 aromatic heterocycles. The van der Waals surface area contributed by atoms with Gasteiger partial charge in [0.15, 0.2) is 0 Å². The number of aryl methyl sites for hydroxylation is 1. The Kier molecular flexibility index (Phi) is 5.09. The maximum atomic E-state index is 12.4. The zero-order chi connectivity index (χ0) is 15.5. The lowest BCUT2D eigenvalue weighted by Gasteiger charge is -2.12. The molecule has 114 valence electrons. The second-order valence-corrected chi connectivity index (χ2v) is 7.02. The van der Waals surface area contributed by atoms with E-state index >= 15 is 0 Å². The van der Waals surface area contributed by atoms with E-state index in [9.17, 15) is 8.42 Å². The van der Waals surface area contributed by atoms with E-state index in [0.717, 1.165) is 11.1 Å². The van der Waals surface area contributed by atoms with Crippen molar-refractivity contribution in [3.8, 4) is 0 Å². The molecule has 3 N–H and O–H groups in total. The van der Waals surface area contributed by atoms with Crippen LogP contribution in [0.15, 0.2) is 33.9 Å². The third-order valence-electron chi connectivity index (χ3n) is 2.91. The van der Waals surface area contributed by atoms with Gasteiger partial charge in [0, 0.05) is 23.8 Å². The van der Waals surface area contributed by atoms with Crippen LogP contribution in [0.3, 0.4) is 0 Å². The molecule has 0 saturated heterocycles. The molecule has 0 amide bonds. The Morgan fingerprint density at radius 1 is 1.43 bits per heavy atom. The molecular weight excluding hydrogens is 358 g/mol. The average Bonchev–Trinajstić information content (AvgIpc) is 2.94. The molecule has 0 unspecified atom stereocenters. The van der Waals surface area contributed by atoms with Crippen LogP contribution >= 0.6 is 15.9 Å². The summed E-state index contributed by atoms with van der Waals surface area (Å²) in [7, 11) is -3.61. The van der Waals surface area contributed by atoms with Gasteiger partial charge in [-0.3, -0.25) is 4.68 Å². The van der Waals surface area contributed by atoms with E-state index < -0.39 is 10.0 Å². The fourth-order valence-corrected chi connectivity index (χ4v) is 3.93. The van der Waals surface area contributed by atoms with Crippen LogP contribution in [0.4, 0.5) is 0 Å². The molecule has 7 nitrogen and oxygen atoms in total. The highest BCUT2D eigenvalue weighted by Crippen LogP contribution is 2.27. The van der Waals surface area contributed by atoms with Gasteiger partial charge >= 0.3 is 0 Å². The molecule has 0 atom stereocenters. The number of benzene rings is 1. The first-order valence-corrected chi connectivity index (χ1v) is 8.54. The van der Waals surface area contributed by atoms with Crippen LogP contribution in [0, 0.1) is 6.92 Å². The molecule has 2 aromatic rings. The molecule has 0 spiro atoms. The van der Waals surface area contributed by atoms with E-state index in [4.69, 9.17) is 5.73 Å².